The molecule has 3 amide bonds. The molecule has 1 aliphatic rings. The molecule has 1 rings (SSSR count). The third-order valence-corrected chi connectivity index (χ3v) is 5.38. The number of carboxylic acid groups (broad SMARTS) is 1. The van der Waals surface area contributed by atoms with Crippen molar-refractivity contribution in [3.05, 3.63) is 0 Å². The molecule has 0 aromatic rings. The molecular formula is C20H37N3O6. The van der Waals surface area contributed by atoms with Gasteiger partial charge in [-0.15, -0.1) is 0 Å². The van der Waals surface area contributed by atoms with Crippen LogP contribution < -0.4 is 10.6 Å². The van der Waals surface area contributed by atoms with Crippen molar-refractivity contribution in [2.24, 2.45) is 5.92 Å². The van der Waals surface area contributed by atoms with Crippen molar-refractivity contribution in [1.82, 2.24) is 15.5 Å². The molecule has 168 valence electrons. The van der Waals surface area contributed by atoms with E-state index in [-0.39, 0.29) is 25.4 Å². The molecule has 1 fully saturated rings. The van der Waals surface area contributed by atoms with Gasteiger partial charge >= 0.3 is 6.09 Å². The third kappa shape index (κ3) is 10.5. The zero-order valence-electron chi connectivity index (χ0n) is 17.7. The number of ether oxygens (including phenoxy) is 1. The number of carbonyl (C=O) groups excluding carboxylic acids is 2. The predicted octanol–water partition coefficient (Wildman–Crippen LogP) is 1.35. The first-order valence-electron chi connectivity index (χ1n) is 10.6. The number of likely N-dealkylation sites (N-methyl/N-ethyl adjacent to an activating group) is 1. The number of amides is 3. The Kier molecular flexibility index (Phi) is 12.3. The van der Waals surface area contributed by atoms with Crippen LogP contribution in [0.5, 0.6) is 0 Å². The van der Waals surface area contributed by atoms with Gasteiger partial charge in [-0.3, -0.25) is 9.59 Å². The highest BCUT2D eigenvalue weighted by atomic mass is 16.5. The number of nitrogens with zero attached hydrogens (tertiary/aromatic N) is 1. The summed E-state index contributed by atoms with van der Waals surface area (Å²) >= 11 is 0. The molecule has 0 spiro atoms. The minimum Gasteiger partial charge on any atom is -0.465 e. The first kappa shape index (κ1) is 25.2. The van der Waals surface area contributed by atoms with Gasteiger partial charge in [0.25, 0.3) is 0 Å². The van der Waals surface area contributed by atoms with E-state index in [1.165, 1.54) is 6.42 Å². The van der Waals surface area contributed by atoms with E-state index in [0.717, 1.165) is 25.7 Å². The first-order valence-corrected chi connectivity index (χ1v) is 10.6. The fourth-order valence-corrected chi connectivity index (χ4v) is 3.61. The second-order valence-electron chi connectivity index (χ2n) is 7.68. The van der Waals surface area contributed by atoms with Gasteiger partial charge in [0, 0.05) is 26.6 Å². The zero-order chi connectivity index (χ0) is 21.6. The van der Waals surface area contributed by atoms with Crippen LogP contribution in [0.15, 0.2) is 0 Å². The van der Waals surface area contributed by atoms with Crippen molar-refractivity contribution in [3.8, 4) is 0 Å². The van der Waals surface area contributed by atoms with Gasteiger partial charge in [-0.1, -0.05) is 32.1 Å². The lowest BCUT2D eigenvalue weighted by molar-refractivity contribution is -0.131. The van der Waals surface area contributed by atoms with E-state index >= 15 is 0 Å². The molecule has 0 unspecified atom stereocenters. The van der Waals surface area contributed by atoms with Crippen molar-refractivity contribution in [3.63, 3.8) is 0 Å². The molecule has 0 radical (unpaired) electrons. The summed E-state index contributed by atoms with van der Waals surface area (Å²) in [6.45, 7) is 3.10. The lowest BCUT2D eigenvalue weighted by Gasteiger charge is -2.27. The molecule has 1 saturated carbocycles. The zero-order valence-corrected chi connectivity index (χ0v) is 17.7. The molecule has 29 heavy (non-hydrogen) atoms. The minimum absolute atomic E-state index is 0.0974. The average Bonchev–Trinajstić information content (AvgIpc) is 2.70. The van der Waals surface area contributed by atoms with Crippen LogP contribution in [0.25, 0.3) is 0 Å². The van der Waals surface area contributed by atoms with Gasteiger partial charge < -0.3 is 30.5 Å². The Morgan fingerprint density at radius 2 is 1.86 bits per heavy atom. The van der Waals surface area contributed by atoms with E-state index in [2.05, 4.69) is 10.6 Å². The van der Waals surface area contributed by atoms with Gasteiger partial charge in [0.2, 0.25) is 11.8 Å². The minimum atomic E-state index is -1.24. The van der Waals surface area contributed by atoms with Crippen LogP contribution in [0.2, 0.25) is 0 Å². The number of aliphatic hydroxyl groups is 1. The Hall–Kier alpha value is -1.87. The van der Waals surface area contributed by atoms with Gasteiger partial charge in [0.1, 0.15) is 6.04 Å². The summed E-state index contributed by atoms with van der Waals surface area (Å²) in [5, 5.41) is 23.7. The molecule has 1 aliphatic carbocycles. The summed E-state index contributed by atoms with van der Waals surface area (Å²) in [6, 6.07) is -1.45. The number of nitrogens with one attached hydrogen (secondary N) is 2. The van der Waals surface area contributed by atoms with Crippen molar-refractivity contribution in [2.45, 2.75) is 70.4 Å². The molecule has 9 heteroatoms. The van der Waals surface area contributed by atoms with Crippen molar-refractivity contribution < 1.29 is 29.3 Å². The molecule has 0 heterocycles. The smallest absolute Gasteiger partial charge is 0.405 e. The molecule has 9 nitrogen and oxygen atoms in total. The highest BCUT2D eigenvalue weighted by Crippen LogP contribution is 2.27. The van der Waals surface area contributed by atoms with Gasteiger partial charge in [-0.25, -0.2) is 4.79 Å². The van der Waals surface area contributed by atoms with Crippen LogP contribution in [0.1, 0.15) is 58.3 Å². The summed E-state index contributed by atoms with van der Waals surface area (Å²) in [6.07, 6.45) is 5.04. The molecule has 0 aromatic carbocycles. The Morgan fingerprint density at radius 3 is 2.45 bits per heavy atom. The molecule has 0 aromatic heterocycles. The molecule has 2 atom stereocenters. The Bertz CT molecular complexity index is 510. The normalized spacial score (nSPS) is 16.7. The Labute approximate surface area is 173 Å². The number of rotatable bonds is 13. The largest absolute Gasteiger partial charge is 0.465 e. The SMILES string of the molecule is CCOCCN(C)C(=O)CC[C@@H](CO)NC(=O)[C@H](CC1CCCCC1)NC(=O)O. The number of aliphatic hydroxyl groups excluding tert-OH is 1. The van der Waals surface area contributed by atoms with E-state index in [1.54, 1.807) is 11.9 Å². The predicted molar refractivity (Wildman–Crippen MR) is 109 cm³/mol. The Morgan fingerprint density at radius 1 is 1.17 bits per heavy atom. The first-order chi connectivity index (χ1) is 13.9. The maximum atomic E-state index is 12.6. The van der Waals surface area contributed by atoms with Crippen LogP contribution in [0.4, 0.5) is 4.79 Å². The van der Waals surface area contributed by atoms with Crippen LogP contribution in [0.3, 0.4) is 0 Å². The van der Waals surface area contributed by atoms with Crippen LogP contribution in [-0.2, 0) is 14.3 Å². The Balaban J connectivity index is 2.51. The number of hydrogen-bond donors (Lipinski definition) is 4. The maximum Gasteiger partial charge on any atom is 0.405 e. The van der Waals surface area contributed by atoms with Crippen LogP contribution >= 0.6 is 0 Å². The van der Waals surface area contributed by atoms with Gasteiger partial charge in [0.05, 0.1) is 19.3 Å². The van der Waals surface area contributed by atoms with Gasteiger partial charge in [0.15, 0.2) is 0 Å². The van der Waals surface area contributed by atoms with E-state index in [1.807, 2.05) is 6.92 Å². The topological polar surface area (TPSA) is 128 Å². The van der Waals surface area contributed by atoms with E-state index in [9.17, 15) is 19.5 Å². The quantitative estimate of drug-likeness (QED) is 0.336. The fourth-order valence-electron chi connectivity index (χ4n) is 3.61. The van der Waals surface area contributed by atoms with Crippen molar-refractivity contribution >= 4 is 17.9 Å². The molecular weight excluding hydrogens is 378 g/mol. The summed E-state index contributed by atoms with van der Waals surface area (Å²) in [4.78, 5) is 37.5. The lowest BCUT2D eigenvalue weighted by atomic mass is 9.84. The maximum absolute atomic E-state index is 12.6. The molecule has 0 saturated heterocycles. The third-order valence-electron chi connectivity index (χ3n) is 5.38. The second-order valence-corrected chi connectivity index (χ2v) is 7.68. The average molecular weight is 416 g/mol. The summed E-state index contributed by atoms with van der Waals surface area (Å²) < 4.78 is 5.23. The van der Waals surface area contributed by atoms with Gasteiger partial charge in [-0.2, -0.15) is 0 Å². The fraction of sp³-hybridized carbons (Fsp3) is 0.850. The standard InChI is InChI=1S/C20H37N3O6/c1-3-29-12-11-23(2)18(25)10-9-16(14-24)21-19(26)17(22-20(27)28)13-15-7-5-4-6-8-15/h15-17,22,24H,3-14H2,1-2H3,(H,21,26)(H,27,28)/t16-,17-/m0/s1. The van der Waals surface area contributed by atoms with Crippen molar-refractivity contribution in [1.29, 1.82) is 0 Å². The summed E-state index contributed by atoms with van der Waals surface area (Å²) in [5.41, 5.74) is 0. The van der Waals surface area contributed by atoms with Gasteiger partial charge in [-0.05, 0) is 25.7 Å². The summed E-state index contributed by atoms with van der Waals surface area (Å²) in [7, 11) is 1.69. The van der Waals surface area contributed by atoms with Crippen LogP contribution in [0, 0.1) is 5.92 Å². The van der Waals surface area contributed by atoms with E-state index < -0.39 is 24.1 Å². The van der Waals surface area contributed by atoms with Crippen molar-refractivity contribution in [2.75, 3.05) is 33.4 Å². The monoisotopic (exact) mass is 415 g/mol. The van der Waals surface area contributed by atoms with E-state index in [0.29, 0.717) is 32.1 Å². The molecule has 0 bridgehead atoms. The number of hydrogen-bond acceptors (Lipinski definition) is 5. The summed E-state index contributed by atoms with van der Waals surface area (Å²) in [5.74, 6) is -0.228. The highest BCUT2D eigenvalue weighted by Gasteiger charge is 2.27. The van der Waals surface area contributed by atoms with Crippen LogP contribution in [-0.4, -0.2) is 78.5 Å². The molecule has 4 N–H and O–H groups in total. The number of carbonyl (C=O) groups is 3. The lowest BCUT2D eigenvalue weighted by Crippen LogP contribution is -2.51. The highest BCUT2D eigenvalue weighted by molar-refractivity contribution is 5.85. The molecule has 0 aliphatic heterocycles. The van der Waals surface area contributed by atoms with E-state index in [4.69, 9.17) is 9.84 Å². The second kappa shape index (κ2) is 14.2.